The summed E-state index contributed by atoms with van der Waals surface area (Å²) in [6.45, 7) is 0.731. The third-order valence-electron chi connectivity index (χ3n) is 3.98. The number of hydrogen-bond donors (Lipinski definition) is 1. The summed E-state index contributed by atoms with van der Waals surface area (Å²) in [5, 5.41) is 3.40. The van der Waals surface area contributed by atoms with Crippen LogP contribution in [0.25, 0.3) is 11.3 Å². The lowest BCUT2D eigenvalue weighted by Crippen LogP contribution is -2.31. The predicted molar refractivity (Wildman–Crippen MR) is 76.8 cm³/mol. The van der Waals surface area contributed by atoms with Gasteiger partial charge in [0.05, 0.1) is 5.69 Å². The molecule has 2 aromatic rings. The van der Waals surface area contributed by atoms with Crippen molar-refractivity contribution in [2.75, 3.05) is 6.54 Å². The number of thiazole rings is 1. The third kappa shape index (κ3) is 1.98. The summed E-state index contributed by atoms with van der Waals surface area (Å²) >= 11 is 1.77. The summed E-state index contributed by atoms with van der Waals surface area (Å²) in [6, 6.07) is 10.4. The molecule has 0 spiro atoms. The monoisotopic (exact) mass is 258 g/mol. The summed E-state index contributed by atoms with van der Waals surface area (Å²) < 4.78 is 0. The van der Waals surface area contributed by atoms with Crippen LogP contribution in [-0.4, -0.2) is 11.5 Å². The van der Waals surface area contributed by atoms with Gasteiger partial charge in [-0.1, -0.05) is 43.2 Å². The molecule has 0 aliphatic heterocycles. The molecule has 1 aliphatic rings. The van der Waals surface area contributed by atoms with E-state index in [0.29, 0.717) is 0 Å². The Morgan fingerprint density at radius 1 is 1.17 bits per heavy atom. The van der Waals surface area contributed by atoms with Crippen molar-refractivity contribution in [3.8, 4) is 11.3 Å². The van der Waals surface area contributed by atoms with Gasteiger partial charge in [0.2, 0.25) is 0 Å². The lowest BCUT2D eigenvalue weighted by atomic mass is 9.87. The summed E-state index contributed by atoms with van der Waals surface area (Å²) in [6.07, 6.45) is 4.98. The van der Waals surface area contributed by atoms with E-state index in [1.807, 2.05) is 6.07 Å². The molecule has 0 amide bonds. The molecule has 3 rings (SSSR count). The van der Waals surface area contributed by atoms with Gasteiger partial charge in [0, 0.05) is 22.9 Å². The van der Waals surface area contributed by atoms with E-state index in [2.05, 4.69) is 29.6 Å². The minimum atomic E-state index is 0.164. The lowest BCUT2D eigenvalue weighted by Gasteiger charge is -2.24. The summed E-state index contributed by atoms with van der Waals surface area (Å²) in [4.78, 5) is 4.84. The van der Waals surface area contributed by atoms with Gasteiger partial charge >= 0.3 is 0 Å². The molecule has 3 heteroatoms. The maximum atomic E-state index is 6.02. The fourth-order valence-corrected chi connectivity index (χ4v) is 3.92. The first kappa shape index (κ1) is 11.9. The third-order valence-corrected chi connectivity index (χ3v) is 5.07. The van der Waals surface area contributed by atoms with Crippen LogP contribution < -0.4 is 5.73 Å². The number of aromatic nitrogens is 1. The molecule has 2 N–H and O–H groups in total. The Hall–Kier alpha value is -1.19. The molecule has 1 aromatic carbocycles. The van der Waals surface area contributed by atoms with E-state index < -0.39 is 0 Å². The highest BCUT2D eigenvalue weighted by Gasteiger charge is 2.36. The minimum Gasteiger partial charge on any atom is -0.329 e. The van der Waals surface area contributed by atoms with Gasteiger partial charge in [-0.15, -0.1) is 11.3 Å². The second kappa shape index (κ2) is 4.82. The SMILES string of the molecule is NCC1(c2nc(-c3ccccc3)cs2)CCCC1. The average molecular weight is 258 g/mol. The zero-order chi connectivity index (χ0) is 12.4. The van der Waals surface area contributed by atoms with Crippen molar-refractivity contribution in [3.05, 3.63) is 40.7 Å². The molecule has 0 saturated heterocycles. The zero-order valence-corrected chi connectivity index (χ0v) is 11.2. The van der Waals surface area contributed by atoms with E-state index in [0.717, 1.165) is 12.2 Å². The molecule has 0 radical (unpaired) electrons. The van der Waals surface area contributed by atoms with Crippen LogP contribution in [0.3, 0.4) is 0 Å². The molecule has 94 valence electrons. The highest BCUT2D eigenvalue weighted by Crippen LogP contribution is 2.42. The molecular formula is C15H18N2S. The molecule has 0 atom stereocenters. The van der Waals surface area contributed by atoms with Crippen LogP contribution in [0, 0.1) is 0 Å². The molecule has 1 saturated carbocycles. The van der Waals surface area contributed by atoms with Gasteiger partial charge in [0.15, 0.2) is 0 Å². The van der Waals surface area contributed by atoms with Crippen molar-refractivity contribution in [1.82, 2.24) is 4.98 Å². The maximum absolute atomic E-state index is 6.02. The van der Waals surface area contributed by atoms with Gasteiger partial charge in [-0.3, -0.25) is 0 Å². The Kier molecular flexibility index (Phi) is 3.18. The van der Waals surface area contributed by atoms with Crippen LogP contribution in [0.1, 0.15) is 30.7 Å². The van der Waals surface area contributed by atoms with Crippen LogP contribution in [0.5, 0.6) is 0 Å². The van der Waals surface area contributed by atoms with Crippen molar-refractivity contribution < 1.29 is 0 Å². The van der Waals surface area contributed by atoms with Crippen LogP contribution in [0.15, 0.2) is 35.7 Å². The van der Waals surface area contributed by atoms with Crippen LogP contribution in [0.4, 0.5) is 0 Å². The molecule has 2 nitrogen and oxygen atoms in total. The van der Waals surface area contributed by atoms with Crippen molar-refractivity contribution in [1.29, 1.82) is 0 Å². The first-order valence-electron chi connectivity index (χ1n) is 6.56. The molecule has 0 unspecified atom stereocenters. The summed E-state index contributed by atoms with van der Waals surface area (Å²) in [7, 11) is 0. The second-order valence-corrected chi connectivity index (χ2v) is 5.95. The van der Waals surface area contributed by atoms with Crippen molar-refractivity contribution in [2.45, 2.75) is 31.1 Å². The van der Waals surface area contributed by atoms with E-state index in [9.17, 15) is 0 Å². The van der Waals surface area contributed by atoms with Gasteiger partial charge in [-0.05, 0) is 12.8 Å². The van der Waals surface area contributed by atoms with E-state index in [1.54, 1.807) is 11.3 Å². The predicted octanol–water partition coefficient (Wildman–Crippen LogP) is 3.58. The first-order valence-corrected chi connectivity index (χ1v) is 7.43. The van der Waals surface area contributed by atoms with Crippen LogP contribution in [-0.2, 0) is 5.41 Å². The van der Waals surface area contributed by atoms with E-state index in [1.165, 1.54) is 36.3 Å². The topological polar surface area (TPSA) is 38.9 Å². The first-order chi connectivity index (χ1) is 8.84. The fourth-order valence-electron chi connectivity index (χ4n) is 2.82. The summed E-state index contributed by atoms with van der Waals surface area (Å²) in [5.74, 6) is 0. The van der Waals surface area contributed by atoms with Gasteiger partial charge < -0.3 is 5.73 Å². The average Bonchev–Trinajstić information content (AvgIpc) is 3.09. The van der Waals surface area contributed by atoms with Crippen LogP contribution in [0.2, 0.25) is 0 Å². The Labute approximate surface area is 112 Å². The van der Waals surface area contributed by atoms with E-state index >= 15 is 0 Å². The molecule has 18 heavy (non-hydrogen) atoms. The second-order valence-electron chi connectivity index (χ2n) is 5.10. The quantitative estimate of drug-likeness (QED) is 0.914. The highest BCUT2D eigenvalue weighted by molar-refractivity contribution is 7.10. The Morgan fingerprint density at radius 2 is 1.89 bits per heavy atom. The van der Waals surface area contributed by atoms with Crippen molar-refractivity contribution >= 4 is 11.3 Å². The zero-order valence-electron chi connectivity index (χ0n) is 10.4. The number of nitrogens with two attached hydrogens (primary N) is 1. The Morgan fingerprint density at radius 3 is 2.56 bits per heavy atom. The molecule has 1 fully saturated rings. The Balaban J connectivity index is 1.94. The number of benzene rings is 1. The lowest BCUT2D eigenvalue weighted by molar-refractivity contribution is 0.451. The van der Waals surface area contributed by atoms with E-state index in [-0.39, 0.29) is 5.41 Å². The molecular weight excluding hydrogens is 240 g/mol. The number of nitrogens with zero attached hydrogens (tertiary/aromatic N) is 1. The van der Waals surface area contributed by atoms with Gasteiger partial charge in [0.1, 0.15) is 5.01 Å². The number of rotatable bonds is 3. The standard InChI is InChI=1S/C15H18N2S/c16-11-15(8-4-5-9-15)14-17-13(10-18-14)12-6-2-1-3-7-12/h1-3,6-7,10H,4-5,8-9,11,16H2. The highest BCUT2D eigenvalue weighted by atomic mass is 32.1. The van der Waals surface area contributed by atoms with Crippen molar-refractivity contribution in [2.24, 2.45) is 5.73 Å². The Bertz CT molecular complexity index is 512. The largest absolute Gasteiger partial charge is 0.329 e. The fraction of sp³-hybridized carbons (Fsp3) is 0.400. The molecule has 1 aromatic heterocycles. The van der Waals surface area contributed by atoms with Gasteiger partial charge in [-0.25, -0.2) is 4.98 Å². The van der Waals surface area contributed by atoms with Gasteiger partial charge in [0.25, 0.3) is 0 Å². The van der Waals surface area contributed by atoms with Crippen molar-refractivity contribution in [3.63, 3.8) is 0 Å². The number of hydrogen-bond acceptors (Lipinski definition) is 3. The minimum absolute atomic E-state index is 0.164. The smallest absolute Gasteiger partial charge is 0.101 e. The van der Waals surface area contributed by atoms with E-state index in [4.69, 9.17) is 10.7 Å². The van der Waals surface area contributed by atoms with Crippen LogP contribution >= 0.6 is 11.3 Å². The maximum Gasteiger partial charge on any atom is 0.101 e. The van der Waals surface area contributed by atoms with Gasteiger partial charge in [-0.2, -0.15) is 0 Å². The molecule has 1 heterocycles. The molecule has 1 aliphatic carbocycles. The normalized spacial score (nSPS) is 18.1. The summed E-state index contributed by atoms with van der Waals surface area (Å²) in [5.41, 5.74) is 8.47. The molecule has 0 bridgehead atoms.